The number of fused-ring (bicyclic) bond motifs is 1. The normalized spacial score (nSPS) is 10.8. The molecule has 96 valence electrons. The first-order valence-corrected chi connectivity index (χ1v) is 6.53. The lowest BCUT2D eigenvalue weighted by atomic mass is 10.3. The van der Waals surface area contributed by atoms with E-state index in [1.165, 1.54) is 15.7 Å². The van der Waals surface area contributed by atoms with Crippen molar-refractivity contribution in [2.24, 2.45) is 0 Å². The molecule has 3 aromatic rings. The van der Waals surface area contributed by atoms with Crippen LogP contribution in [0.3, 0.4) is 0 Å². The Morgan fingerprint density at radius 1 is 1.37 bits per heavy atom. The molecule has 0 aliphatic carbocycles. The molecule has 7 heteroatoms. The molecular formula is C12H7ClN2O3S. The number of thiazole rings is 1. The van der Waals surface area contributed by atoms with Crippen LogP contribution in [0.25, 0.3) is 4.96 Å². The summed E-state index contributed by atoms with van der Waals surface area (Å²) in [6, 6.07) is 6.63. The Balaban J connectivity index is 2.04. The topological polar surface area (TPSA) is 63.8 Å². The van der Waals surface area contributed by atoms with Gasteiger partial charge in [-0.15, -0.1) is 11.3 Å². The molecule has 0 bridgehead atoms. The molecular weight excluding hydrogens is 288 g/mol. The van der Waals surface area contributed by atoms with Crippen LogP contribution in [0.2, 0.25) is 5.02 Å². The summed E-state index contributed by atoms with van der Waals surface area (Å²) >= 11 is 7.12. The van der Waals surface area contributed by atoms with Crippen LogP contribution in [0.1, 0.15) is 10.5 Å². The standard InChI is InChI=1S/C12H7ClN2O3S/c13-7-1-3-8(4-2-7)18-10-9(11(16)17)15-5-6-19-12(15)14-10/h1-6H,(H,16,17). The van der Waals surface area contributed by atoms with E-state index in [2.05, 4.69) is 4.98 Å². The predicted molar refractivity (Wildman–Crippen MR) is 71.6 cm³/mol. The van der Waals surface area contributed by atoms with Gasteiger partial charge >= 0.3 is 5.97 Å². The maximum Gasteiger partial charge on any atom is 0.358 e. The van der Waals surface area contributed by atoms with E-state index in [4.69, 9.17) is 16.3 Å². The Morgan fingerprint density at radius 2 is 2.11 bits per heavy atom. The minimum Gasteiger partial charge on any atom is -0.476 e. The van der Waals surface area contributed by atoms with Gasteiger partial charge in [0, 0.05) is 16.6 Å². The largest absolute Gasteiger partial charge is 0.476 e. The Hall–Kier alpha value is -2.05. The number of aromatic carboxylic acids is 1. The van der Waals surface area contributed by atoms with Crippen molar-refractivity contribution in [1.29, 1.82) is 0 Å². The van der Waals surface area contributed by atoms with Crippen LogP contribution in [0.15, 0.2) is 35.8 Å². The van der Waals surface area contributed by atoms with Crippen molar-refractivity contribution in [2.75, 3.05) is 0 Å². The number of hydrogen-bond acceptors (Lipinski definition) is 4. The third kappa shape index (κ3) is 2.16. The van der Waals surface area contributed by atoms with Gasteiger partial charge in [0.25, 0.3) is 5.88 Å². The molecule has 19 heavy (non-hydrogen) atoms. The maximum absolute atomic E-state index is 11.3. The predicted octanol–water partition coefficient (Wildman–Crippen LogP) is 3.54. The van der Waals surface area contributed by atoms with Gasteiger partial charge in [0.15, 0.2) is 10.7 Å². The highest BCUT2D eigenvalue weighted by molar-refractivity contribution is 7.15. The number of aromatic nitrogens is 2. The van der Waals surface area contributed by atoms with Gasteiger partial charge < -0.3 is 9.84 Å². The minimum atomic E-state index is -1.09. The average molecular weight is 295 g/mol. The van der Waals surface area contributed by atoms with Gasteiger partial charge in [-0.3, -0.25) is 4.40 Å². The van der Waals surface area contributed by atoms with Gasteiger partial charge in [0.1, 0.15) is 5.75 Å². The number of ether oxygens (including phenoxy) is 1. The fourth-order valence-electron chi connectivity index (χ4n) is 1.65. The van der Waals surface area contributed by atoms with Crippen molar-refractivity contribution in [3.8, 4) is 11.6 Å². The van der Waals surface area contributed by atoms with Gasteiger partial charge in [-0.05, 0) is 24.3 Å². The second-order valence-electron chi connectivity index (χ2n) is 3.68. The fourth-order valence-corrected chi connectivity index (χ4v) is 2.48. The lowest BCUT2D eigenvalue weighted by Crippen LogP contribution is -2.02. The molecule has 2 heterocycles. The highest BCUT2D eigenvalue weighted by atomic mass is 35.5. The number of rotatable bonds is 3. The van der Waals surface area contributed by atoms with Crippen molar-refractivity contribution < 1.29 is 14.6 Å². The number of hydrogen-bond donors (Lipinski definition) is 1. The van der Waals surface area contributed by atoms with E-state index in [1.807, 2.05) is 0 Å². The summed E-state index contributed by atoms with van der Waals surface area (Å²) < 4.78 is 6.99. The number of benzene rings is 1. The van der Waals surface area contributed by atoms with Gasteiger partial charge in [-0.25, -0.2) is 4.79 Å². The molecule has 0 aliphatic rings. The number of carboxylic acids is 1. The summed E-state index contributed by atoms with van der Waals surface area (Å²) in [5, 5.41) is 11.6. The zero-order valence-corrected chi connectivity index (χ0v) is 11.0. The third-order valence-electron chi connectivity index (χ3n) is 2.46. The molecule has 0 saturated carbocycles. The van der Waals surface area contributed by atoms with Crippen LogP contribution in [-0.4, -0.2) is 20.5 Å². The SMILES string of the molecule is O=C(O)c1c(Oc2ccc(Cl)cc2)nc2sccn12. The molecule has 0 radical (unpaired) electrons. The molecule has 5 nitrogen and oxygen atoms in total. The van der Waals surface area contributed by atoms with E-state index in [0.717, 1.165) is 0 Å². The van der Waals surface area contributed by atoms with Gasteiger partial charge in [0.05, 0.1) is 0 Å². The first kappa shape index (κ1) is 12.0. The molecule has 1 N–H and O–H groups in total. The molecule has 0 aliphatic heterocycles. The summed E-state index contributed by atoms with van der Waals surface area (Å²) in [5.74, 6) is -0.533. The molecule has 2 aromatic heterocycles. The minimum absolute atomic E-state index is 0.00574. The lowest BCUT2D eigenvalue weighted by Gasteiger charge is -2.03. The molecule has 0 fully saturated rings. The molecule has 3 rings (SSSR count). The number of carboxylic acid groups (broad SMARTS) is 1. The van der Waals surface area contributed by atoms with Gasteiger partial charge in [0.2, 0.25) is 0 Å². The van der Waals surface area contributed by atoms with E-state index in [1.54, 1.807) is 35.8 Å². The van der Waals surface area contributed by atoms with E-state index in [9.17, 15) is 9.90 Å². The van der Waals surface area contributed by atoms with E-state index in [0.29, 0.717) is 15.7 Å². The fraction of sp³-hybridized carbons (Fsp3) is 0. The van der Waals surface area contributed by atoms with E-state index < -0.39 is 5.97 Å². The van der Waals surface area contributed by atoms with Crippen molar-refractivity contribution in [2.45, 2.75) is 0 Å². The number of nitrogens with zero attached hydrogens (tertiary/aromatic N) is 2. The highest BCUT2D eigenvalue weighted by Gasteiger charge is 2.21. The molecule has 0 spiro atoms. The Morgan fingerprint density at radius 3 is 2.79 bits per heavy atom. The van der Waals surface area contributed by atoms with Crippen molar-refractivity contribution >= 4 is 33.9 Å². The van der Waals surface area contributed by atoms with Crippen molar-refractivity contribution in [3.63, 3.8) is 0 Å². The van der Waals surface area contributed by atoms with E-state index >= 15 is 0 Å². The molecule has 0 atom stereocenters. The van der Waals surface area contributed by atoms with Crippen molar-refractivity contribution in [1.82, 2.24) is 9.38 Å². The molecule has 0 saturated heterocycles. The summed E-state index contributed by atoms with van der Waals surface area (Å²) in [6.45, 7) is 0. The number of carbonyl (C=O) groups is 1. The second kappa shape index (κ2) is 4.56. The average Bonchev–Trinajstić information content (AvgIpc) is 2.91. The zero-order valence-electron chi connectivity index (χ0n) is 9.41. The van der Waals surface area contributed by atoms with Crippen LogP contribution in [0.5, 0.6) is 11.6 Å². The maximum atomic E-state index is 11.3. The summed E-state index contributed by atoms with van der Waals surface area (Å²) in [5.41, 5.74) is 0.00574. The third-order valence-corrected chi connectivity index (χ3v) is 3.47. The molecule has 0 amide bonds. The van der Waals surface area contributed by atoms with E-state index in [-0.39, 0.29) is 11.6 Å². The van der Waals surface area contributed by atoms with Crippen LogP contribution in [0.4, 0.5) is 0 Å². The van der Waals surface area contributed by atoms with Gasteiger partial charge in [-0.1, -0.05) is 11.6 Å². The second-order valence-corrected chi connectivity index (χ2v) is 4.99. The Bertz CT molecular complexity index is 748. The van der Waals surface area contributed by atoms with Crippen LogP contribution >= 0.6 is 22.9 Å². The first-order chi connectivity index (χ1) is 9.15. The van der Waals surface area contributed by atoms with Crippen LogP contribution in [0, 0.1) is 0 Å². The Labute approximate surface area is 116 Å². The summed E-state index contributed by atoms with van der Waals surface area (Å²) in [4.78, 5) is 16.0. The summed E-state index contributed by atoms with van der Waals surface area (Å²) in [6.07, 6.45) is 1.64. The Kier molecular flexibility index (Phi) is 2.88. The number of imidazole rings is 1. The lowest BCUT2D eigenvalue weighted by molar-refractivity contribution is 0.0686. The smallest absolute Gasteiger partial charge is 0.358 e. The van der Waals surface area contributed by atoms with Crippen molar-refractivity contribution in [3.05, 3.63) is 46.6 Å². The van der Waals surface area contributed by atoms with Gasteiger partial charge in [-0.2, -0.15) is 4.98 Å². The monoisotopic (exact) mass is 294 g/mol. The number of halogens is 1. The highest BCUT2D eigenvalue weighted by Crippen LogP contribution is 2.28. The quantitative estimate of drug-likeness (QED) is 0.802. The molecule has 1 aromatic carbocycles. The zero-order chi connectivity index (χ0) is 13.4. The van der Waals surface area contributed by atoms with Crippen LogP contribution < -0.4 is 4.74 Å². The molecule has 0 unspecified atom stereocenters. The summed E-state index contributed by atoms with van der Waals surface area (Å²) in [7, 11) is 0. The van der Waals surface area contributed by atoms with Crippen LogP contribution in [-0.2, 0) is 0 Å². The first-order valence-electron chi connectivity index (χ1n) is 5.27.